The highest BCUT2D eigenvalue weighted by molar-refractivity contribution is 9.09. The maximum absolute atomic E-state index is 9.16. The summed E-state index contributed by atoms with van der Waals surface area (Å²) in [6, 6.07) is 0. The van der Waals surface area contributed by atoms with Crippen molar-refractivity contribution in [2.75, 3.05) is 0 Å². The molecule has 15 heavy (non-hydrogen) atoms. The van der Waals surface area contributed by atoms with Crippen molar-refractivity contribution in [2.45, 2.75) is 64.7 Å². The van der Waals surface area contributed by atoms with Gasteiger partial charge in [0, 0.05) is 4.83 Å². The van der Waals surface area contributed by atoms with Crippen LogP contribution in [-0.4, -0.2) is 28.2 Å². The van der Waals surface area contributed by atoms with Gasteiger partial charge in [-0.2, -0.15) is 0 Å². The number of aliphatic hydroxyl groups excluding tert-OH is 1. The van der Waals surface area contributed by atoms with Crippen molar-refractivity contribution in [2.24, 2.45) is 11.8 Å². The number of hydrogen-bond donors (Lipinski definition) is 1. The summed E-state index contributed by atoms with van der Waals surface area (Å²) in [5, 5.41) is 9.16. The van der Waals surface area contributed by atoms with Gasteiger partial charge < -0.3 is 9.84 Å². The Labute approximate surface area is 103 Å². The second-order valence-electron chi connectivity index (χ2n) is 4.96. The van der Waals surface area contributed by atoms with E-state index in [4.69, 9.17) is 9.84 Å². The third kappa shape index (κ3) is 6.54. The highest BCUT2D eigenvalue weighted by atomic mass is 79.9. The Bertz CT molecular complexity index is 161. The molecule has 0 bridgehead atoms. The van der Waals surface area contributed by atoms with Gasteiger partial charge in [-0.15, -0.1) is 0 Å². The van der Waals surface area contributed by atoms with Crippen LogP contribution in [0.3, 0.4) is 0 Å². The molecule has 0 aromatic rings. The molecule has 4 unspecified atom stereocenters. The van der Waals surface area contributed by atoms with Gasteiger partial charge in [0.1, 0.15) is 0 Å². The molecule has 0 aromatic heterocycles. The summed E-state index contributed by atoms with van der Waals surface area (Å²) in [7, 11) is 0. The molecule has 1 heterocycles. The van der Waals surface area contributed by atoms with E-state index in [1.165, 1.54) is 0 Å². The fourth-order valence-corrected chi connectivity index (χ4v) is 2.04. The lowest BCUT2D eigenvalue weighted by Crippen LogP contribution is -2.23. The monoisotopic (exact) mass is 280 g/mol. The molecule has 4 atom stereocenters. The van der Waals surface area contributed by atoms with Gasteiger partial charge in [0.2, 0.25) is 0 Å². The van der Waals surface area contributed by atoms with Crippen molar-refractivity contribution in [1.82, 2.24) is 0 Å². The Kier molecular flexibility index (Phi) is 7.05. The second-order valence-corrected chi connectivity index (χ2v) is 6.41. The molecule has 1 N–H and O–H groups in total. The van der Waals surface area contributed by atoms with E-state index in [1.54, 1.807) is 0 Å². The van der Waals surface area contributed by atoms with Crippen LogP contribution in [0, 0.1) is 11.8 Å². The third-order valence-electron chi connectivity index (χ3n) is 2.57. The first kappa shape index (κ1) is 15.4. The minimum atomic E-state index is -0.213. The molecule has 92 valence electrons. The Morgan fingerprint density at radius 1 is 1.13 bits per heavy atom. The molecule has 0 radical (unpaired) electrons. The van der Waals surface area contributed by atoms with Gasteiger partial charge in [0.15, 0.2) is 0 Å². The van der Waals surface area contributed by atoms with E-state index in [1.807, 2.05) is 20.8 Å². The molecule has 1 fully saturated rings. The summed E-state index contributed by atoms with van der Waals surface area (Å²) in [4.78, 5) is 0.211. The van der Waals surface area contributed by atoms with Gasteiger partial charge in [-0.1, -0.05) is 50.5 Å². The Hall–Kier alpha value is 0.400. The highest BCUT2D eigenvalue weighted by Crippen LogP contribution is 2.27. The minimum Gasteiger partial charge on any atom is -0.392 e. The topological polar surface area (TPSA) is 32.8 Å². The lowest BCUT2D eigenvalue weighted by Gasteiger charge is -2.15. The van der Waals surface area contributed by atoms with Crippen LogP contribution in [0.5, 0.6) is 0 Å². The molecule has 2 nitrogen and oxygen atoms in total. The van der Waals surface area contributed by atoms with Crippen molar-refractivity contribution in [3.8, 4) is 0 Å². The molecule has 1 aliphatic rings. The van der Waals surface area contributed by atoms with Crippen LogP contribution in [0.15, 0.2) is 0 Å². The first-order valence-electron chi connectivity index (χ1n) is 5.75. The molecule has 0 amide bonds. The number of hydrogen-bond acceptors (Lipinski definition) is 2. The fraction of sp³-hybridized carbons (Fsp3) is 1.00. The van der Waals surface area contributed by atoms with E-state index in [9.17, 15) is 0 Å². The predicted octanol–water partition coefficient (Wildman–Crippen LogP) is 3.22. The quantitative estimate of drug-likeness (QED) is 0.636. The molecule has 0 aliphatic carbocycles. The summed E-state index contributed by atoms with van der Waals surface area (Å²) in [5.41, 5.74) is 0. The van der Waals surface area contributed by atoms with E-state index in [0.29, 0.717) is 18.1 Å². The van der Waals surface area contributed by atoms with Gasteiger partial charge in [0.05, 0.1) is 18.3 Å². The van der Waals surface area contributed by atoms with Crippen LogP contribution >= 0.6 is 15.9 Å². The van der Waals surface area contributed by atoms with Gasteiger partial charge in [-0.3, -0.25) is 0 Å². The molecule has 1 rings (SSSR count). The van der Waals surface area contributed by atoms with Crippen LogP contribution in [-0.2, 0) is 4.74 Å². The Balaban J connectivity index is 0.000000262. The second kappa shape index (κ2) is 6.87. The van der Waals surface area contributed by atoms with E-state index >= 15 is 0 Å². The lowest BCUT2D eigenvalue weighted by molar-refractivity contribution is 0.128. The number of aliphatic hydroxyl groups is 1. The normalized spacial score (nSPS) is 28.4. The highest BCUT2D eigenvalue weighted by Gasteiger charge is 2.36. The van der Waals surface area contributed by atoms with Crippen LogP contribution in [0.4, 0.5) is 0 Å². The number of halogens is 1. The van der Waals surface area contributed by atoms with Gasteiger partial charge in [-0.25, -0.2) is 0 Å². The van der Waals surface area contributed by atoms with Crippen molar-refractivity contribution in [3.63, 3.8) is 0 Å². The molecule has 0 saturated carbocycles. The molecule has 0 spiro atoms. The average molecular weight is 281 g/mol. The van der Waals surface area contributed by atoms with Crippen LogP contribution in [0.2, 0.25) is 0 Å². The van der Waals surface area contributed by atoms with Gasteiger partial charge in [-0.05, 0) is 18.8 Å². The largest absolute Gasteiger partial charge is 0.392 e. The zero-order valence-corrected chi connectivity index (χ0v) is 12.3. The first-order chi connectivity index (χ1) is 6.77. The molecular formula is C12H25BrO2. The zero-order chi connectivity index (χ0) is 12.2. The average Bonchev–Trinajstić information content (AvgIpc) is 2.82. The number of ether oxygens (including phenoxy) is 1. The third-order valence-corrected chi connectivity index (χ3v) is 3.11. The van der Waals surface area contributed by atoms with Gasteiger partial charge in [0.25, 0.3) is 0 Å². The van der Waals surface area contributed by atoms with Crippen molar-refractivity contribution in [3.05, 3.63) is 0 Å². The molecule has 1 aliphatic heterocycles. The van der Waals surface area contributed by atoms with Gasteiger partial charge >= 0.3 is 0 Å². The Morgan fingerprint density at radius 2 is 1.53 bits per heavy atom. The van der Waals surface area contributed by atoms with Crippen molar-refractivity contribution >= 4 is 15.9 Å². The number of epoxide rings is 1. The van der Waals surface area contributed by atoms with Crippen molar-refractivity contribution in [1.29, 1.82) is 0 Å². The zero-order valence-electron chi connectivity index (χ0n) is 10.7. The summed E-state index contributed by atoms with van der Waals surface area (Å²) in [6.07, 6.45) is 0.898. The predicted molar refractivity (Wildman–Crippen MR) is 68.4 cm³/mol. The van der Waals surface area contributed by atoms with E-state index in [0.717, 1.165) is 5.92 Å². The van der Waals surface area contributed by atoms with E-state index < -0.39 is 0 Å². The summed E-state index contributed by atoms with van der Waals surface area (Å²) in [5.74, 6) is 1.07. The molecular weight excluding hydrogens is 256 g/mol. The standard InChI is InChI=1S/C6H13BrO.C6H12O/c1-4(2)6(8)5(3)7;1-4(2)6-5(3)7-6/h4-6,8H,1-3H3;4-6H,1-3H3. The fourth-order valence-electron chi connectivity index (χ4n) is 1.43. The number of alkyl halides is 1. The first-order valence-corrected chi connectivity index (χ1v) is 6.66. The molecule has 1 saturated heterocycles. The van der Waals surface area contributed by atoms with Crippen LogP contribution in [0.1, 0.15) is 41.5 Å². The minimum absolute atomic E-state index is 0.211. The molecule has 3 heteroatoms. The lowest BCUT2D eigenvalue weighted by atomic mass is 10.1. The maximum atomic E-state index is 9.16. The van der Waals surface area contributed by atoms with Crippen LogP contribution < -0.4 is 0 Å². The Morgan fingerprint density at radius 3 is 1.53 bits per heavy atom. The van der Waals surface area contributed by atoms with Crippen molar-refractivity contribution < 1.29 is 9.84 Å². The smallest absolute Gasteiger partial charge is 0.0861 e. The SMILES string of the molecule is CC(C)C(O)C(C)Br.CC(C)C1OC1C. The van der Waals surface area contributed by atoms with E-state index in [-0.39, 0.29) is 10.9 Å². The molecule has 0 aromatic carbocycles. The summed E-state index contributed by atoms with van der Waals surface area (Å²) < 4.78 is 5.18. The maximum Gasteiger partial charge on any atom is 0.0861 e. The van der Waals surface area contributed by atoms with E-state index in [2.05, 4.69) is 36.7 Å². The van der Waals surface area contributed by atoms with Crippen LogP contribution in [0.25, 0.3) is 0 Å². The summed E-state index contributed by atoms with van der Waals surface area (Å²) >= 11 is 3.29. The summed E-state index contributed by atoms with van der Waals surface area (Å²) in [6.45, 7) is 12.4. The number of rotatable bonds is 3.